The molecule has 0 radical (unpaired) electrons. The third-order valence-electron chi connectivity index (χ3n) is 22.1. The lowest BCUT2D eigenvalue weighted by Crippen LogP contribution is -2.54. The van der Waals surface area contributed by atoms with E-state index in [-0.39, 0.29) is 12.2 Å². The van der Waals surface area contributed by atoms with Crippen LogP contribution in [0.15, 0.2) is 66.3 Å². The van der Waals surface area contributed by atoms with Gasteiger partial charge in [0.25, 0.3) is 0 Å². The Labute approximate surface area is 379 Å². The first-order valence-electron chi connectivity index (χ1n) is 26.5. The van der Waals surface area contributed by atoms with Gasteiger partial charge in [0.15, 0.2) is 0 Å². The predicted molar refractivity (Wildman–Crippen MR) is 260 cm³/mol. The summed E-state index contributed by atoms with van der Waals surface area (Å²) in [5.41, 5.74) is 9.30. The van der Waals surface area contributed by atoms with Crippen molar-refractivity contribution in [1.29, 1.82) is 0 Å². The molecule has 2 aromatic carbocycles. The smallest absolute Gasteiger partial charge is 0.0577 e. The summed E-state index contributed by atoms with van der Waals surface area (Å²) < 4.78 is 0. The maximum Gasteiger partial charge on any atom is 0.0577 e. The minimum absolute atomic E-state index is 0.0200. The lowest BCUT2D eigenvalue weighted by molar-refractivity contribution is -0.129. The first kappa shape index (κ1) is 45.0. The van der Waals surface area contributed by atoms with Crippen molar-refractivity contribution in [2.45, 2.75) is 190 Å². The molecule has 8 aliphatic rings. The maximum absolute atomic E-state index is 10.3. The van der Waals surface area contributed by atoms with E-state index in [0.717, 1.165) is 84.9 Å². The summed E-state index contributed by atoms with van der Waals surface area (Å²) in [7, 11) is 0. The normalized spacial score (nSPS) is 44.3. The molecular weight excluding hydrogens is 753 g/mol. The van der Waals surface area contributed by atoms with E-state index in [1.54, 1.807) is 11.1 Å². The summed E-state index contributed by atoms with van der Waals surface area (Å²) in [4.78, 5) is 0. The number of allylic oxidation sites excluding steroid dienone is 2. The Bertz CT molecular complexity index is 1940. The van der Waals surface area contributed by atoms with Gasteiger partial charge in [0.05, 0.1) is 12.2 Å². The van der Waals surface area contributed by atoms with Crippen molar-refractivity contribution in [2.75, 3.05) is 0 Å². The summed E-state index contributed by atoms with van der Waals surface area (Å²) >= 11 is 0. The summed E-state index contributed by atoms with van der Waals surface area (Å²) in [6.07, 6.45) is 32.1. The number of aryl methyl sites for hydroxylation is 3. The van der Waals surface area contributed by atoms with Crippen molar-refractivity contribution in [3.8, 4) is 0 Å². The topological polar surface area (TPSA) is 40.5 Å². The third-order valence-corrected chi connectivity index (χ3v) is 22.1. The molecule has 0 bridgehead atoms. The molecule has 8 aliphatic carbocycles. The molecule has 1 unspecified atom stereocenters. The lowest BCUT2D eigenvalue weighted by atomic mass is 9.44. The fourth-order valence-electron chi connectivity index (χ4n) is 18.4. The number of benzene rings is 2. The van der Waals surface area contributed by atoms with E-state index in [0.29, 0.717) is 27.6 Å². The minimum atomic E-state index is -0.0959. The van der Waals surface area contributed by atoms with Crippen molar-refractivity contribution in [3.05, 3.63) is 88.5 Å². The largest absolute Gasteiger partial charge is 0.393 e. The van der Waals surface area contributed by atoms with Gasteiger partial charge in [-0.05, 0) is 245 Å². The van der Waals surface area contributed by atoms with Crippen LogP contribution in [0.3, 0.4) is 0 Å². The number of fused-ring (bicyclic) bond motifs is 10. The van der Waals surface area contributed by atoms with E-state index in [4.69, 9.17) is 0 Å². The second-order valence-corrected chi connectivity index (χ2v) is 24.7. The van der Waals surface area contributed by atoms with Crippen LogP contribution in [0.25, 0.3) is 6.08 Å². The molecule has 0 spiro atoms. The summed E-state index contributed by atoms with van der Waals surface area (Å²) in [6.45, 7) is 20.1. The van der Waals surface area contributed by atoms with Gasteiger partial charge in [-0.15, -0.1) is 0 Å². The Balaban J connectivity index is 0.000000158. The second kappa shape index (κ2) is 17.6. The van der Waals surface area contributed by atoms with Gasteiger partial charge < -0.3 is 10.2 Å². The zero-order valence-corrected chi connectivity index (χ0v) is 40.7. The van der Waals surface area contributed by atoms with Gasteiger partial charge in [-0.1, -0.05) is 114 Å². The Hall–Kier alpha value is -2.16. The Morgan fingerprint density at radius 3 is 2.02 bits per heavy atom. The minimum Gasteiger partial charge on any atom is -0.393 e. The van der Waals surface area contributed by atoms with Crippen LogP contribution in [-0.4, -0.2) is 22.4 Å². The number of hydrogen-bond donors (Lipinski definition) is 2. The molecule has 2 N–H and O–H groups in total. The average molecular weight is 841 g/mol. The summed E-state index contributed by atoms with van der Waals surface area (Å²) in [5, 5.41) is 20.5. The molecule has 2 nitrogen and oxygen atoms in total. The molecule has 7 saturated carbocycles. The van der Waals surface area contributed by atoms with Crippen molar-refractivity contribution >= 4 is 6.08 Å². The molecule has 62 heavy (non-hydrogen) atoms. The standard InChI is InChI=1S/C30H46O.C30H42O/c2*1-20-7-5-6-8-22(20)10-9-21(2)26-13-14-27-25-12-11-23-19-24(31)15-17-29(23,3)28(25)16-18-30(26,27)4/h5-8,21,23-28,31H,9-19H2,1-4H3;5-11,21,24-28,31H,12-19H2,1-4H3/b;10-9+/t21-,23?,24+,25+,26-,27+,28+,29+,30-;21-,24+,25+,26-,27+,28+,29+,30-/m11/s1. The highest BCUT2D eigenvalue weighted by Gasteiger charge is 2.61. The van der Waals surface area contributed by atoms with Crippen LogP contribution in [0.2, 0.25) is 0 Å². The van der Waals surface area contributed by atoms with Crippen LogP contribution >= 0.6 is 0 Å². The van der Waals surface area contributed by atoms with Crippen LogP contribution in [-0.2, 0) is 6.42 Å². The van der Waals surface area contributed by atoms with Gasteiger partial charge in [-0.2, -0.15) is 0 Å². The molecular formula is C60H88O2. The Morgan fingerprint density at radius 2 is 1.26 bits per heavy atom. The second-order valence-electron chi connectivity index (χ2n) is 24.7. The molecule has 0 saturated heterocycles. The molecule has 17 atom stereocenters. The first-order chi connectivity index (χ1) is 29.7. The van der Waals surface area contributed by atoms with Crippen LogP contribution < -0.4 is 0 Å². The molecule has 2 heteroatoms. The van der Waals surface area contributed by atoms with Crippen LogP contribution in [0.5, 0.6) is 0 Å². The van der Waals surface area contributed by atoms with Crippen LogP contribution in [0.4, 0.5) is 0 Å². The lowest BCUT2D eigenvalue weighted by Gasteiger charge is -2.61. The zero-order valence-electron chi connectivity index (χ0n) is 40.7. The van der Waals surface area contributed by atoms with E-state index < -0.39 is 0 Å². The predicted octanol–water partition coefficient (Wildman–Crippen LogP) is 15.2. The van der Waals surface area contributed by atoms with Crippen molar-refractivity contribution in [3.63, 3.8) is 0 Å². The molecule has 10 rings (SSSR count). The van der Waals surface area contributed by atoms with Gasteiger partial charge in [0.1, 0.15) is 0 Å². The Morgan fingerprint density at radius 1 is 0.629 bits per heavy atom. The first-order valence-corrected chi connectivity index (χ1v) is 26.5. The summed E-state index contributed by atoms with van der Waals surface area (Å²) in [6, 6.07) is 17.7. The van der Waals surface area contributed by atoms with Crippen LogP contribution in [0.1, 0.15) is 179 Å². The monoisotopic (exact) mass is 841 g/mol. The number of rotatable bonds is 7. The van der Waals surface area contributed by atoms with Gasteiger partial charge in [-0.25, -0.2) is 0 Å². The van der Waals surface area contributed by atoms with E-state index in [1.807, 2.05) is 0 Å². The van der Waals surface area contributed by atoms with E-state index in [2.05, 4.69) is 122 Å². The van der Waals surface area contributed by atoms with Gasteiger partial charge >= 0.3 is 0 Å². The number of hydrogen-bond acceptors (Lipinski definition) is 2. The molecule has 7 fully saturated rings. The molecule has 0 aliphatic heterocycles. The number of aliphatic hydroxyl groups is 2. The van der Waals surface area contributed by atoms with Crippen molar-refractivity contribution < 1.29 is 10.2 Å². The fraction of sp³-hybridized carbons (Fsp3) is 0.733. The Kier molecular flexibility index (Phi) is 12.8. The van der Waals surface area contributed by atoms with Crippen molar-refractivity contribution in [2.24, 2.45) is 86.8 Å². The zero-order chi connectivity index (χ0) is 43.6. The SMILES string of the molecule is Cc1ccccc1/C=C/[C@@H](C)[C@H]1CC[C@H]2[C@@H]3CC=C4C[C@@H](O)CC[C@]4(C)[C@H]3CC[C@]12C.Cc1ccccc1CC[C@@H](C)[C@H]1CC[C@H]2[C@@H]3CCC4C[C@@H](O)CC[C@]4(C)[C@H]3CC[C@]12C. The highest BCUT2D eigenvalue weighted by Crippen LogP contribution is 2.69. The van der Waals surface area contributed by atoms with Crippen LogP contribution in [0, 0.1) is 101 Å². The maximum atomic E-state index is 10.3. The van der Waals surface area contributed by atoms with E-state index in [1.165, 1.54) is 113 Å². The molecule has 0 aromatic heterocycles. The highest BCUT2D eigenvalue weighted by molar-refractivity contribution is 5.53. The molecule has 0 heterocycles. The third kappa shape index (κ3) is 7.90. The highest BCUT2D eigenvalue weighted by atomic mass is 16.3. The molecule has 0 amide bonds. The van der Waals surface area contributed by atoms with Gasteiger partial charge in [0.2, 0.25) is 0 Å². The average Bonchev–Trinajstić information content (AvgIpc) is 3.80. The van der Waals surface area contributed by atoms with Gasteiger partial charge in [-0.3, -0.25) is 0 Å². The summed E-state index contributed by atoms with van der Waals surface area (Å²) in [5.74, 6) is 9.42. The number of aliphatic hydroxyl groups excluding tert-OH is 2. The van der Waals surface area contributed by atoms with E-state index >= 15 is 0 Å². The fourth-order valence-corrected chi connectivity index (χ4v) is 18.4. The molecule has 2 aromatic rings. The van der Waals surface area contributed by atoms with E-state index in [9.17, 15) is 10.2 Å². The quantitative estimate of drug-likeness (QED) is 0.273. The van der Waals surface area contributed by atoms with Crippen molar-refractivity contribution in [1.82, 2.24) is 0 Å². The molecule has 340 valence electrons. The van der Waals surface area contributed by atoms with Gasteiger partial charge in [0, 0.05) is 0 Å².